The molecule has 0 fully saturated rings. The molecule has 0 heterocycles. The topological polar surface area (TPSA) is 0 Å². The van der Waals surface area contributed by atoms with Crippen molar-refractivity contribution >= 4 is 56.4 Å². The second-order valence-corrected chi connectivity index (χ2v) is 15.5. The second kappa shape index (κ2) is 14.3. The number of benzene rings is 4. The van der Waals surface area contributed by atoms with Gasteiger partial charge in [0.1, 0.15) is 0 Å². The molecule has 0 unspecified atom stereocenters. The average molecular weight is 563 g/mol. The molecule has 0 radical (unpaired) electrons. The molecule has 198 valence electrons. The largest absolute Gasteiger partial charge is 4.00 e. The van der Waals surface area contributed by atoms with Gasteiger partial charge in [-0.3, -0.25) is 0 Å². The number of hydrogen-bond donors (Lipinski definition) is 0. The summed E-state index contributed by atoms with van der Waals surface area (Å²) in [4.78, 5) is 0. The van der Waals surface area contributed by atoms with E-state index in [1.165, 1.54) is 61.5 Å². The van der Waals surface area contributed by atoms with Crippen LogP contribution >= 0.6 is 0 Å². The number of rotatable bonds is 5. The molecular weight excluding hydrogens is 520 g/mol. The van der Waals surface area contributed by atoms with Crippen molar-refractivity contribution in [1.29, 1.82) is 0 Å². The van der Waals surface area contributed by atoms with Crippen LogP contribution in [-0.2, 0) is 27.8 Å². The van der Waals surface area contributed by atoms with Crippen molar-refractivity contribution in [1.82, 2.24) is 0 Å². The molecular formula is C37H42SiTi. The Kier molecular flexibility index (Phi) is 11.4. The summed E-state index contributed by atoms with van der Waals surface area (Å²) in [5.41, 5.74) is 1.49. The summed E-state index contributed by atoms with van der Waals surface area (Å²) >= 11 is 0. The van der Waals surface area contributed by atoms with E-state index in [1.807, 2.05) is 0 Å². The Bertz CT molecular complexity index is 1610. The van der Waals surface area contributed by atoms with Crippen molar-refractivity contribution in [3.8, 4) is 0 Å². The van der Waals surface area contributed by atoms with Crippen molar-refractivity contribution in [3.05, 3.63) is 116 Å². The standard InChI is InChI=1S/C29H24Si.2C4H9.Ti/c1-30(2,29-16-8-15-26-24-13-6-4-10-21(24)18-28(26)29)19-22-11-7-14-25-23-12-5-3-9-20(23)17-27(22)25;2*1-3-4-2;/h3-18H,19H2,1-2H3;2*1,3-4H2,2H3;/q-2;2*-1;+4. The fourth-order valence-corrected chi connectivity index (χ4v) is 8.27. The van der Waals surface area contributed by atoms with Gasteiger partial charge >= 0.3 is 21.7 Å². The molecule has 0 nitrogen and oxygen atoms in total. The van der Waals surface area contributed by atoms with Gasteiger partial charge < -0.3 is 13.8 Å². The molecule has 0 bridgehead atoms. The van der Waals surface area contributed by atoms with Gasteiger partial charge in [-0.05, 0) is 0 Å². The fourth-order valence-electron chi connectivity index (χ4n) is 5.34. The van der Waals surface area contributed by atoms with Gasteiger partial charge in [-0.2, -0.15) is 12.8 Å². The zero-order valence-corrected chi connectivity index (χ0v) is 26.7. The van der Waals surface area contributed by atoms with Gasteiger partial charge in [0.2, 0.25) is 0 Å². The van der Waals surface area contributed by atoms with Crippen LogP contribution in [-0.4, -0.2) is 8.07 Å². The molecule has 6 aromatic carbocycles. The van der Waals surface area contributed by atoms with Crippen LogP contribution < -0.4 is 5.19 Å². The SMILES string of the molecule is C[Si](C)(Cc1cccc2c1[cH-]c1ccccc12)c1cccc2c1[cH-]c1ccccc12.[CH2-]CCC.[CH2-]CCC.[Ti+4]. The first-order valence-corrected chi connectivity index (χ1v) is 17.4. The van der Waals surface area contributed by atoms with Crippen LogP contribution in [0, 0.1) is 13.8 Å². The summed E-state index contributed by atoms with van der Waals surface area (Å²) in [6.45, 7) is 16.5. The van der Waals surface area contributed by atoms with E-state index in [9.17, 15) is 0 Å². The Morgan fingerprint density at radius 1 is 0.590 bits per heavy atom. The molecule has 0 amide bonds. The minimum Gasteiger partial charge on any atom is -0.343 e. The third-order valence-corrected chi connectivity index (χ3v) is 10.6. The van der Waals surface area contributed by atoms with E-state index in [0.717, 1.165) is 18.9 Å². The van der Waals surface area contributed by atoms with E-state index in [-0.39, 0.29) is 21.7 Å². The first kappa shape index (κ1) is 31.1. The smallest absolute Gasteiger partial charge is 0.343 e. The van der Waals surface area contributed by atoms with Gasteiger partial charge in [-0.25, -0.2) is 0 Å². The Labute approximate surface area is 252 Å². The van der Waals surface area contributed by atoms with E-state index < -0.39 is 8.07 Å². The average Bonchev–Trinajstić information content (AvgIpc) is 3.52. The molecule has 0 N–H and O–H groups in total. The molecule has 6 rings (SSSR count). The predicted molar refractivity (Wildman–Crippen MR) is 175 cm³/mol. The maximum Gasteiger partial charge on any atom is 4.00 e. The van der Waals surface area contributed by atoms with E-state index >= 15 is 0 Å². The van der Waals surface area contributed by atoms with Crippen LogP contribution in [0.1, 0.15) is 45.1 Å². The summed E-state index contributed by atoms with van der Waals surface area (Å²) in [5.74, 6) is 0. The monoisotopic (exact) mass is 562 g/mol. The van der Waals surface area contributed by atoms with Crippen LogP contribution in [0.25, 0.3) is 43.1 Å². The molecule has 0 spiro atoms. The van der Waals surface area contributed by atoms with Crippen molar-refractivity contribution in [3.63, 3.8) is 0 Å². The zero-order valence-electron chi connectivity index (χ0n) is 24.2. The summed E-state index contributed by atoms with van der Waals surface area (Å²) in [7, 11) is -1.71. The van der Waals surface area contributed by atoms with E-state index in [4.69, 9.17) is 0 Å². The molecule has 39 heavy (non-hydrogen) atoms. The predicted octanol–water partition coefficient (Wildman–Crippen LogP) is 10.7. The summed E-state index contributed by atoms with van der Waals surface area (Å²) in [6.07, 6.45) is 4.56. The third kappa shape index (κ3) is 6.83. The number of hydrogen-bond acceptors (Lipinski definition) is 0. The van der Waals surface area contributed by atoms with Gasteiger partial charge in [-0.15, -0.1) is 78.1 Å². The maximum absolute atomic E-state index is 3.60. The quantitative estimate of drug-likeness (QED) is 0.145. The molecule has 0 aromatic heterocycles. The molecule has 0 aliphatic carbocycles. The fraction of sp³-hybridized carbons (Fsp3) is 0.243. The van der Waals surface area contributed by atoms with Crippen LogP contribution in [0.4, 0.5) is 0 Å². The third-order valence-electron chi connectivity index (χ3n) is 7.47. The van der Waals surface area contributed by atoms with Crippen LogP contribution in [0.15, 0.2) is 97.1 Å². The van der Waals surface area contributed by atoms with Crippen molar-refractivity contribution in [2.24, 2.45) is 0 Å². The normalized spacial score (nSPS) is 11.1. The first-order valence-electron chi connectivity index (χ1n) is 14.2. The first-order chi connectivity index (χ1) is 18.4. The molecule has 0 aliphatic heterocycles. The van der Waals surface area contributed by atoms with Crippen molar-refractivity contribution in [2.45, 2.75) is 58.7 Å². The van der Waals surface area contributed by atoms with Gasteiger partial charge in [0, 0.05) is 8.07 Å². The maximum atomic E-state index is 3.60. The van der Waals surface area contributed by atoms with E-state index in [0.29, 0.717) is 0 Å². The van der Waals surface area contributed by atoms with E-state index in [2.05, 4.69) is 138 Å². The van der Waals surface area contributed by atoms with Gasteiger partial charge in [0.15, 0.2) is 0 Å². The summed E-state index contributed by atoms with van der Waals surface area (Å²) in [5, 5.41) is 12.7. The van der Waals surface area contributed by atoms with Crippen molar-refractivity contribution in [2.75, 3.05) is 0 Å². The van der Waals surface area contributed by atoms with Gasteiger partial charge in [-0.1, -0.05) is 119 Å². The zero-order chi connectivity index (χ0) is 27.1. The Morgan fingerprint density at radius 2 is 1.03 bits per heavy atom. The molecule has 0 atom stereocenters. The minimum absolute atomic E-state index is 0. The molecule has 0 saturated heterocycles. The Hall–Kier alpha value is -2.45. The minimum atomic E-state index is -1.71. The Balaban J connectivity index is 0.000000416. The van der Waals surface area contributed by atoms with Crippen molar-refractivity contribution < 1.29 is 21.7 Å². The molecule has 6 aromatic rings. The Morgan fingerprint density at radius 3 is 1.56 bits per heavy atom. The molecule has 2 heteroatoms. The summed E-state index contributed by atoms with van der Waals surface area (Å²) in [6, 6.07) is 37.3. The summed E-state index contributed by atoms with van der Waals surface area (Å²) < 4.78 is 0. The molecule has 0 saturated carbocycles. The van der Waals surface area contributed by atoms with E-state index in [1.54, 1.807) is 5.19 Å². The van der Waals surface area contributed by atoms with Gasteiger partial charge in [0.25, 0.3) is 0 Å². The number of fused-ring (bicyclic) bond motifs is 6. The second-order valence-electron chi connectivity index (χ2n) is 10.9. The van der Waals surface area contributed by atoms with Gasteiger partial charge in [0.05, 0.1) is 0 Å². The van der Waals surface area contributed by atoms with Crippen LogP contribution in [0.2, 0.25) is 13.1 Å². The number of unbranched alkanes of at least 4 members (excludes halogenated alkanes) is 2. The molecule has 0 aliphatic rings. The van der Waals surface area contributed by atoms with Crippen LogP contribution in [0.5, 0.6) is 0 Å². The van der Waals surface area contributed by atoms with Crippen LogP contribution in [0.3, 0.4) is 0 Å².